The highest BCUT2D eigenvalue weighted by atomic mass is 32.1. The van der Waals surface area contributed by atoms with Gasteiger partial charge in [-0.1, -0.05) is 6.42 Å². The predicted molar refractivity (Wildman–Crippen MR) is 119 cm³/mol. The number of hydrogen-bond acceptors (Lipinski definition) is 7. The summed E-state index contributed by atoms with van der Waals surface area (Å²) in [7, 11) is 0. The summed E-state index contributed by atoms with van der Waals surface area (Å²) in [6, 6.07) is 8.28. The minimum Gasteiger partial charge on any atom is -0.314 e. The van der Waals surface area contributed by atoms with E-state index in [0.29, 0.717) is 6.61 Å². The molecule has 0 aliphatic carbocycles. The van der Waals surface area contributed by atoms with Gasteiger partial charge in [0.15, 0.2) is 5.65 Å². The standard InChI is InChI=1S/C13H17N3S.C8H11NOS/c1-10-14-13-12(17-10)6-5-11(15-13)9-16-7-3-2-4-8-16;1-6-3-8(5-10-11)4-7(2)9-6/h5-6H,2-4,7-9H2,1H3;3-4,11H,5H2,1-2H3. The highest BCUT2D eigenvalue weighted by molar-refractivity contribution is 7.75. The van der Waals surface area contributed by atoms with Crippen molar-refractivity contribution >= 4 is 34.6 Å². The fourth-order valence-electron chi connectivity index (χ4n) is 3.48. The van der Waals surface area contributed by atoms with Crippen LogP contribution < -0.4 is 0 Å². The molecule has 5 nitrogen and oxygen atoms in total. The van der Waals surface area contributed by atoms with E-state index >= 15 is 0 Å². The van der Waals surface area contributed by atoms with Crippen molar-refractivity contribution in [2.24, 2.45) is 0 Å². The minimum atomic E-state index is 0.535. The van der Waals surface area contributed by atoms with E-state index in [9.17, 15) is 0 Å². The first-order chi connectivity index (χ1) is 13.5. The molecule has 0 N–H and O–H groups in total. The Morgan fingerprint density at radius 3 is 2.39 bits per heavy atom. The van der Waals surface area contributed by atoms with Crippen LogP contribution in [0.3, 0.4) is 0 Å². The van der Waals surface area contributed by atoms with Crippen LogP contribution in [0.5, 0.6) is 0 Å². The maximum atomic E-state index is 4.70. The third-order valence-electron chi connectivity index (χ3n) is 4.62. The molecule has 0 bridgehead atoms. The van der Waals surface area contributed by atoms with Crippen molar-refractivity contribution in [3.63, 3.8) is 0 Å². The van der Waals surface area contributed by atoms with E-state index in [-0.39, 0.29) is 0 Å². The van der Waals surface area contributed by atoms with Gasteiger partial charge in [0.05, 0.1) is 22.0 Å². The Bertz CT molecular complexity index is 886. The molecule has 0 amide bonds. The summed E-state index contributed by atoms with van der Waals surface area (Å²) in [5, 5.41) is 1.10. The van der Waals surface area contributed by atoms with Crippen LogP contribution in [-0.2, 0) is 17.3 Å². The van der Waals surface area contributed by atoms with Gasteiger partial charge in [0.25, 0.3) is 0 Å². The summed E-state index contributed by atoms with van der Waals surface area (Å²) in [4.78, 5) is 15.8. The highest BCUT2D eigenvalue weighted by Gasteiger charge is 2.12. The number of nitrogens with zero attached hydrogens (tertiary/aromatic N) is 4. The topological polar surface area (TPSA) is 51.1 Å². The molecule has 1 aliphatic rings. The zero-order valence-corrected chi connectivity index (χ0v) is 18.5. The quantitative estimate of drug-likeness (QED) is 0.477. The number of pyridine rings is 2. The van der Waals surface area contributed by atoms with Gasteiger partial charge >= 0.3 is 0 Å². The average molecular weight is 417 g/mol. The molecule has 0 aromatic carbocycles. The number of aromatic nitrogens is 3. The first-order valence-corrected chi connectivity index (χ1v) is 10.9. The fourth-order valence-corrected chi connectivity index (χ4v) is 4.40. The Hall–Kier alpha value is -1.54. The first kappa shape index (κ1) is 21.2. The van der Waals surface area contributed by atoms with Gasteiger partial charge in [0.2, 0.25) is 0 Å². The van der Waals surface area contributed by atoms with Gasteiger partial charge < -0.3 is 4.18 Å². The molecule has 3 aromatic rings. The van der Waals surface area contributed by atoms with Crippen molar-refractivity contribution in [2.45, 2.75) is 53.2 Å². The zero-order valence-electron chi connectivity index (χ0n) is 16.8. The van der Waals surface area contributed by atoms with Crippen molar-refractivity contribution in [1.29, 1.82) is 0 Å². The molecular weight excluding hydrogens is 388 g/mol. The number of fused-ring (bicyclic) bond motifs is 1. The molecular formula is C21H28N4OS2. The Kier molecular flexibility index (Phi) is 7.79. The minimum absolute atomic E-state index is 0.535. The second-order valence-corrected chi connectivity index (χ2v) is 8.72. The molecule has 150 valence electrons. The Morgan fingerprint density at radius 2 is 1.71 bits per heavy atom. The molecule has 4 heterocycles. The molecule has 0 saturated carbocycles. The first-order valence-electron chi connectivity index (χ1n) is 9.69. The normalized spacial score (nSPS) is 14.7. The molecule has 7 heteroatoms. The van der Waals surface area contributed by atoms with Crippen molar-refractivity contribution in [3.8, 4) is 0 Å². The summed E-state index contributed by atoms with van der Waals surface area (Å²) in [5.74, 6) is 0. The van der Waals surface area contributed by atoms with Crippen molar-refractivity contribution in [3.05, 3.63) is 51.9 Å². The number of hydrogen-bond donors (Lipinski definition) is 1. The van der Waals surface area contributed by atoms with Gasteiger partial charge in [-0.3, -0.25) is 9.88 Å². The third kappa shape index (κ3) is 6.24. The van der Waals surface area contributed by atoms with Gasteiger partial charge in [0, 0.05) is 17.9 Å². The van der Waals surface area contributed by atoms with Crippen LogP contribution >= 0.6 is 24.2 Å². The van der Waals surface area contributed by atoms with Crippen LogP contribution in [0.2, 0.25) is 0 Å². The summed E-state index contributed by atoms with van der Waals surface area (Å²) in [6.07, 6.45) is 4.05. The molecule has 3 aromatic heterocycles. The van der Waals surface area contributed by atoms with Crippen LogP contribution in [0.25, 0.3) is 10.3 Å². The van der Waals surface area contributed by atoms with Crippen molar-refractivity contribution in [1.82, 2.24) is 19.9 Å². The predicted octanol–water partition coefficient (Wildman–Crippen LogP) is 5.05. The Morgan fingerprint density at radius 1 is 1.00 bits per heavy atom. The van der Waals surface area contributed by atoms with Crippen LogP contribution in [0, 0.1) is 20.8 Å². The van der Waals surface area contributed by atoms with Gasteiger partial charge in [-0.15, -0.1) is 11.3 Å². The van der Waals surface area contributed by atoms with Crippen LogP contribution in [-0.4, -0.2) is 32.9 Å². The smallest absolute Gasteiger partial charge is 0.170 e. The van der Waals surface area contributed by atoms with Gasteiger partial charge in [-0.25, -0.2) is 9.97 Å². The van der Waals surface area contributed by atoms with Crippen LogP contribution in [0.1, 0.15) is 46.9 Å². The second kappa shape index (κ2) is 10.3. The van der Waals surface area contributed by atoms with Crippen LogP contribution in [0.4, 0.5) is 0 Å². The summed E-state index contributed by atoms with van der Waals surface area (Å²) in [6.45, 7) is 9.92. The number of thiol groups is 1. The summed E-state index contributed by atoms with van der Waals surface area (Å²) < 4.78 is 5.90. The molecule has 1 fully saturated rings. The average Bonchev–Trinajstić information content (AvgIpc) is 3.02. The molecule has 1 aliphatic heterocycles. The number of aryl methyl sites for hydroxylation is 3. The van der Waals surface area contributed by atoms with E-state index < -0.39 is 0 Å². The van der Waals surface area contributed by atoms with E-state index in [2.05, 4.69) is 44.9 Å². The van der Waals surface area contributed by atoms with Crippen molar-refractivity contribution in [2.75, 3.05) is 13.1 Å². The summed E-state index contributed by atoms with van der Waals surface area (Å²) >= 11 is 5.40. The highest BCUT2D eigenvalue weighted by Crippen LogP contribution is 2.21. The Labute approximate surface area is 176 Å². The lowest BCUT2D eigenvalue weighted by molar-refractivity contribution is 0.219. The number of thiazole rings is 1. The molecule has 1 saturated heterocycles. The van der Waals surface area contributed by atoms with Gasteiger partial charge in [-0.2, -0.15) is 0 Å². The molecule has 0 unspecified atom stereocenters. The lowest BCUT2D eigenvalue weighted by atomic mass is 10.1. The number of rotatable bonds is 4. The molecule has 0 atom stereocenters. The van der Waals surface area contributed by atoms with E-state index in [1.54, 1.807) is 11.3 Å². The molecule has 0 radical (unpaired) electrons. The lowest BCUT2D eigenvalue weighted by Gasteiger charge is -2.25. The van der Waals surface area contributed by atoms with E-state index in [4.69, 9.17) is 4.18 Å². The largest absolute Gasteiger partial charge is 0.314 e. The summed E-state index contributed by atoms with van der Waals surface area (Å²) in [5.41, 5.74) is 5.23. The maximum Gasteiger partial charge on any atom is 0.170 e. The SMILES string of the molecule is Cc1cc(COS)cc(C)n1.Cc1nc2nc(CN3CCCCC3)ccc2s1. The van der Waals surface area contributed by atoms with Gasteiger partial charge in [-0.05, 0) is 89.4 Å². The number of likely N-dealkylation sites (tertiary alicyclic amines) is 1. The zero-order chi connectivity index (χ0) is 19.9. The maximum absolute atomic E-state index is 4.70. The Balaban J connectivity index is 0.000000178. The van der Waals surface area contributed by atoms with E-state index in [0.717, 1.165) is 39.8 Å². The van der Waals surface area contributed by atoms with Crippen molar-refractivity contribution < 1.29 is 4.18 Å². The third-order valence-corrected chi connectivity index (χ3v) is 5.68. The second-order valence-electron chi connectivity index (χ2n) is 7.23. The van der Waals surface area contributed by atoms with Gasteiger partial charge in [0.1, 0.15) is 0 Å². The monoisotopic (exact) mass is 416 g/mol. The molecule has 28 heavy (non-hydrogen) atoms. The molecule has 4 rings (SSSR count). The molecule has 0 spiro atoms. The van der Waals surface area contributed by atoms with E-state index in [1.165, 1.54) is 37.1 Å². The number of piperidine rings is 1. The fraction of sp³-hybridized carbons (Fsp3) is 0.476. The van der Waals surface area contributed by atoms with Crippen LogP contribution in [0.15, 0.2) is 24.3 Å². The van der Waals surface area contributed by atoms with E-state index in [1.807, 2.05) is 32.9 Å². The lowest BCUT2D eigenvalue weighted by Crippen LogP contribution is -2.29.